The van der Waals surface area contributed by atoms with E-state index in [1.807, 2.05) is 0 Å². The van der Waals surface area contributed by atoms with Crippen LogP contribution in [0.5, 0.6) is 0 Å². The number of alkyl halides is 2. The van der Waals surface area contributed by atoms with Crippen molar-refractivity contribution in [3.05, 3.63) is 29.3 Å². The maximum absolute atomic E-state index is 13.0. The molecule has 1 fully saturated rings. The summed E-state index contributed by atoms with van der Waals surface area (Å²) < 4.78 is 31.4. The first-order valence-corrected chi connectivity index (χ1v) is 8.34. The van der Waals surface area contributed by atoms with Gasteiger partial charge in [0.25, 0.3) is 6.43 Å². The number of halogens is 2. The highest BCUT2D eigenvalue weighted by molar-refractivity contribution is 6.06. The highest BCUT2D eigenvalue weighted by atomic mass is 19.3. The maximum Gasteiger partial charge on any atom is 0.410 e. The van der Waals surface area contributed by atoms with Gasteiger partial charge >= 0.3 is 6.09 Å². The van der Waals surface area contributed by atoms with E-state index in [1.54, 1.807) is 25.7 Å². The number of nitrogens with zero attached hydrogens (tertiary/aromatic N) is 1. The van der Waals surface area contributed by atoms with E-state index in [4.69, 9.17) is 4.74 Å². The largest absolute Gasteiger partial charge is 0.444 e. The molecule has 0 bridgehead atoms. The lowest BCUT2D eigenvalue weighted by molar-refractivity contribution is -0.122. The van der Waals surface area contributed by atoms with Gasteiger partial charge in [0, 0.05) is 24.3 Å². The van der Waals surface area contributed by atoms with E-state index < -0.39 is 23.5 Å². The van der Waals surface area contributed by atoms with Crippen LogP contribution in [0.3, 0.4) is 0 Å². The Morgan fingerprint density at radius 2 is 1.92 bits per heavy atom. The zero-order chi connectivity index (χ0) is 18.4. The van der Waals surface area contributed by atoms with E-state index in [0.29, 0.717) is 37.2 Å². The first-order chi connectivity index (χ1) is 11.6. The van der Waals surface area contributed by atoms with Crippen LogP contribution < -0.4 is 5.32 Å². The van der Waals surface area contributed by atoms with E-state index in [2.05, 4.69) is 5.32 Å². The molecule has 2 amide bonds. The number of fused-ring (bicyclic) bond motifs is 2. The normalized spacial score (nSPS) is 19.1. The molecule has 1 spiro atoms. The molecule has 7 heteroatoms. The molecule has 1 saturated heterocycles. The van der Waals surface area contributed by atoms with Crippen molar-refractivity contribution >= 4 is 17.7 Å². The summed E-state index contributed by atoms with van der Waals surface area (Å²) in [6.45, 7) is 6.08. The molecule has 1 aromatic carbocycles. The lowest BCUT2D eigenvalue weighted by Crippen LogP contribution is -2.49. The molecular weight excluding hydrogens is 330 g/mol. The quantitative estimate of drug-likeness (QED) is 0.835. The molecule has 2 aliphatic heterocycles. The number of hydrogen-bond donors (Lipinski definition) is 1. The summed E-state index contributed by atoms with van der Waals surface area (Å²) in [6, 6.07) is 4.28. The van der Waals surface area contributed by atoms with E-state index >= 15 is 0 Å². The van der Waals surface area contributed by atoms with Gasteiger partial charge in [-0.2, -0.15) is 0 Å². The van der Waals surface area contributed by atoms with Crippen LogP contribution >= 0.6 is 0 Å². The number of benzene rings is 1. The number of ether oxygens (including phenoxy) is 1. The van der Waals surface area contributed by atoms with Crippen molar-refractivity contribution in [2.75, 3.05) is 18.4 Å². The van der Waals surface area contributed by atoms with Crippen LogP contribution in [0.4, 0.5) is 19.3 Å². The van der Waals surface area contributed by atoms with E-state index in [0.717, 1.165) is 0 Å². The molecule has 1 N–H and O–H groups in total. The molecule has 0 radical (unpaired) electrons. The molecule has 0 atom stereocenters. The van der Waals surface area contributed by atoms with Crippen molar-refractivity contribution in [3.63, 3.8) is 0 Å². The van der Waals surface area contributed by atoms with Gasteiger partial charge in [-0.25, -0.2) is 13.6 Å². The van der Waals surface area contributed by atoms with Gasteiger partial charge in [0.2, 0.25) is 5.91 Å². The summed E-state index contributed by atoms with van der Waals surface area (Å²) in [5, 5.41) is 2.79. The molecule has 2 aliphatic rings. The van der Waals surface area contributed by atoms with Gasteiger partial charge in [-0.3, -0.25) is 4.79 Å². The molecular formula is C18H22F2N2O3. The summed E-state index contributed by atoms with van der Waals surface area (Å²) in [5.41, 5.74) is -0.336. The van der Waals surface area contributed by atoms with Crippen molar-refractivity contribution in [3.8, 4) is 0 Å². The Kier molecular flexibility index (Phi) is 4.21. The molecule has 136 valence electrons. The van der Waals surface area contributed by atoms with Crippen molar-refractivity contribution in [1.82, 2.24) is 4.90 Å². The number of anilines is 1. The predicted octanol–water partition coefficient (Wildman–Crippen LogP) is 3.85. The molecule has 5 nitrogen and oxygen atoms in total. The van der Waals surface area contributed by atoms with E-state index in [-0.39, 0.29) is 11.5 Å². The van der Waals surface area contributed by atoms with Crippen molar-refractivity contribution < 1.29 is 23.1 Å². The third-order valence-corrected chi connectivity index (χ3v) is 4.76. The Morgan fingerprint density at radius 3 is 2.48 bits per heavy atom. The SMILES string of the molecule is CC(C)(C)OC(=O)N1CCC2(CC1)C(=O)Nc1ccc(C(F)F)cc12. The van der Waals surface area contributed by atoms with Crippen LogP contribution in [0.15, 0.2) is 18.2 Å². The van der Waals surface area contributed by atoms with Crippen LogP contribution in [0.25, 0.3) is 0 Å². The minimum absolute atomic E-state index is 0.0933. The second-order valence-electron chi connectivity index (χ2n) is 7.61. The van der Waals surface area contributed by atoms with Crippen molar-refractivity contribution in [2.24, 2.45) is 0 Å². The van der Waals surface area contributed by atoms with Gasteiger partial charge in [0.1, 0.15) is 5.60 Å². The first kappa shape index (κ1) is 17.6. The molecule has 0 unspecified atom stereocenters. The third-order valence-electron chi connectivity index (χ3n) is 4.76. The molecule has 2 heterocycles. The monoisotopic (exact) mass is 352 g/mol. The van der Waals surface area contributed by atoms with E-state index in [1.165, 1.54) is 18.2 Å². The topological polar surface area (TPSA) is 58.6 Å². The van der Waals surface area contributed by atoms with Crippen LogP contribution in [-0.4, -0.2) is 35.6 Å². The van der Waals surface area contributed by atoms with Crippen molar-refractivity contribution in [1.29, 1.82) is 0 Å². The minimum atomic E-state index is -2.58. The number of rotatable bonds is 1. The van der Waals surface area contributed by atoms with Crippen LogP contribution in [-0.2, 0) is 14.9 Å². The molecule has 0 saturated carbocycles. The van der Waals surface area contributed by atoms with Gasteiger partial charge in [-0.15, -0.1) is 0 Å². The Balaban J connectivity index is 1.81. The highest BCUT2D eigenvalue weighted by Gasteiger charge is 2.49. The molecule has 3 rings (SSSR count). The summed E-state index contributed by atoms with van der Waals surface area (Å²) in [4.78, 5) is 26.3. The number of carbonyl (C=O) groups is 2. The maximum atomic E-state index is 13.0. The Morgan fingerprint density at radius 1 is 1.28 bits per heavy atom. The van der Waals surface area contributed by atoms with Crippen LogP contribution in [0.1, 0.15) is 51.2 Å². The molecule has 0 aliphatic carbocycles. The summed E-state index contributed by atoms with van der Waals surface area (Å²) in [6.07, 6.45) is -2.22. The standard InChI is InChI=1S/C18H22F2N2O3/c1-17(2,3)25-16(24)22-8-6-18(7-9-22)12-10-11(14(19)20)4-5-13(12)21-15(18)23/h4-5,10,14H,6-9H2,1-3H3,(H,21,23). The fourth-order valence-electron chi connectivity index (χ4n) is 3.46. The summed E-state index contributed by atoms with van der Waals surface area (Å²) in [7, 11) is 0. The zero-order valence-corrected chi connectivity index (χ0v) is 14.6. The van der Waals surface area contributed by atoms with Gasteiger partial charge < -0.3 is 15.0 Å². The van der Waals surface area contributed by atoms with Crippen molar-refractivity contribution in [2.45, 2.75) is 51.1 Å². The van der Waals surface area contributed by atoms with Crippen LogP contribution in [0, 0.1) is 0 Å². The second-order valence-corrected chi connectivity index (χ2v) is 7.61. The number of nitrogens with one attached hydrogen (secondary N) is 1. The Labute approximate surface area is 145 Å². The zero-order valence-electron chi connectivity index (χ0n) is 14.6. The molecule has 1 aromatic rings. The summed E-state index contributed by atoms with van der Waals surface area (Å²) >= 11 is 0. The first-order valence-electron chi connectivity index (χ1n) is 8.34. The number of hydrogen-bond acceptors (Lipinski definition) is 3. The second kappa shape index (κ2) is 5.97. The summed E-state index contributed by atoms with van der Waals surface area (Å²) in [5.74, 6) is -0.183. The van der Waals surface area contributed by atoms with Crippen LogP contribution in [0.2, 0.25) is 0 Å². The van der Waals surface area contributed by atoms with Gasteiger partial charge in [-0.1, -0.05) is 6.07 Å². The van der Waals surface area contributed by atoms with Gasteiger partial charge in [0.15, 0.2) is 0 Å². The number of likely N-dealkylation sites (tertiary alicyclic amines) is 1. The average molecular weight is 352 g/mol. The van der Waals surface area contributed by atoms with Gasteiger partial charge in [-0.05, 0) is 51.3 Å². The lowest BCUT2D eigenvalue weighted by Gasteiger charge is -2.38. The minimum Gasteiger partial charge on any atom is -0.444 e. The smallest absolute Gasteiger partial charge is 0.410 e. The molecule has 0 aromatic heterocycles. The highest BCUT2D eigenvalue weighted by Crippen LogP contribution is 2.46. The van der Waals surface area contributed by atoms with Gasteiger partial charge in [0.05, 0.1) is 5.41 Å². The number of piperidine rings is 1. The number of carbonyl (C=O) groups excluding carboxylic acids is 2. The third kappa shape index (κ3) is 3.19. The fraction of sp³-hybridized carbons (Fsp3) is 0.556. The fourth-order valence-corrected chi connectivity index (χ4v) is 3.46. The Bertz CT molecular complexity index is 705. The Hall–Kier alpha value is -2.18. The predicted molar refractivity (Wildman–Crippen MR) is 88.7 cm³/mol. The number of amides is 2. The van der Waals surface area contributed by atoms with E-state index in [9.17, 15) is 18.4 Å². The lowest BCUT2D eigenvalue weighted by atomic mass is 9.73. The average Bonchev–Trinajstić information content (AvgIpc) is 2.78. The molecule has 25 heavy (non-hydrogen) atoms.